The van der Waals surface area contributed by atoms with Crippen LogP contribution in [0.15, 0.2) is 60.9 Å². The summed E-state index contributed by atoms with van der Waals surface area (Å²) in [6.45, 7) is 6.38. The van der Waals surface area contributed by atoms with E-state index in [2.05, 4.69) is 28.2 Å². The van der Waals surface area contributed by atoms with Crippen molar-refractivity contribution in [2.45, 2.75) is 45.1 Å². The van der Waals surface area contributed by atoms with Gasteiger partial charge < -0.3 is 15.0 Å². The van der Waals surface area contributed by atoms with Crippen LogP contribution in [-0.4, -0.2) is 42.0 Å². The molecule has 1 N–H and O–H groups in total. The van der Waals surface area contributed by atoms with E-state index in [0.29, 0.717) is 5.56 Å². The number of fused-ring (bicyclic) bond motifs is 1. The first kappa shape index (κ1) is 22.3. The second kappa shape index (κ2) is 11.1. The number of rotatable bonds is 9. The average molecular weight is 432 g/mol. The van der Waals surface area contributed by atoms with Gasteiger partial charge in [0.1, 0.15) is 5.75 Å². The van der Waals surface area contributed by atoms with Gasteiger partial charge in [0.25, 0.3) is 5.91 Å². The summed E-state index contributed by atoms with van der Waals surface area (Å²) in [4.78, 5) is 19.4. The molecule has 0 saturated carbocycles. The standard InChI is InChI=1S/C27H33N3O2/c1-2-26(21-11-13-28-14-12-21)29-27(31)24-8-7-23-20-25(10-9-22(23)19-24)32-18-6-17-30-15-4-3-5-16-30/h7-14,19-20,26H,2-6,15-18H2,1H3,(H,29,31). The van der Waals surface area contributed by atoms with Crippen molar-refractivity contribution in [1.82, 2.24) is 15.2 Å². The summed E-state index contributed by atoms with van der Waals surface area (Å²) in [6, 6.07) is 15.8. The van der Waals surface area contributed by atoms with Crippen molar-refractivity contribution in [3.63, 3.8) is 0 Å². The van der Waals surface area contributed by atoms with Crippen molar-refractivity contribution >= 4 is 16.7 Å². The van der Waals surface area contributed by atoms with Crippen LogP contribution in [0.5, 0.6) is 5.75 Å². The molecule has 1 aliphatic rings. The molecule has 5 nitrogen and oxygen atoms in total. The van der Waals surface area contributed by atoms with Gasteiger partial charge in [-0.3, -0.25) is 9.78 Å². The lowest BCUT2D eigenvalue weighted by Gasteiger charge is -2.26. The van der Waals surface area contributed by atoms with E-state index in [4.69, 9.17) is 4.74 Å². The predicted octanol–water partition coefficient (Wildman–Crippen LogP) is 5.37. The first-order valence-electron chi connectivity index (χ1n) is 11.8. The highest BCUT2D eigenvalue weighted by atomic mass is 16.5. The summed E-state index contributed by atoms with van der Waals surface area (Å²) >= 11 is 0. The van der Waals surface area contributed by atoms with E-state index in [1.807, 2.05) is 42.5 Å². The van der Waals surface area contributed by atoms with E-state index in [9.17, 15) is 4.79 Å². The first-order chi connectivity index (χ1) is 15.7. The van der Waals surface area contributed by atoms with Gasteiger partial charge in [0.2, 0.25) is 0 Å². The number of hydrogen-bond donors (Lipinski definition) is 1. The fourth-order valence-electron chi connectivity index (χ4n) is 4.37. The molecule has 168 valence electrons. The quantitative estimate of drug-likeness (QED) is 0.463. The number of amides is 1. The number of likely N-dealkylation sites (tertiary alicyclic amines) is 1. The molecule has 1 atom stereocenters. The molecule has 0 spiro atoms. The Labute approximate surface area is 190 Å². The number of ether oxygens (including phenoxy) is 1. The third-order valence-electron chi connectivity index (χ3n) is 6.23. The average Bonchev–Trinajstić information content (AvgIpc) is 2.85. The van der Waals surface area contributed by atoms with E-state index in [-0.39, 0.29) is 11.9 Å². The molecule has 1 amide bonds. The van der Waals surface area contributed by atoms with Crippen molar-refractivity contribution in [2.24, 2.45) is 0 Å². The SMILES string of the molecule is CCC(NC(=O)c1ccc2cc(OCCCN3CCCCC3)ccc2c1)c1ccncc1. The highest BCUT2D eigenvalue weighted by molar-refractivity contribution is 5.99. The number of benzene rings is 2. The van der Waals surface area contributed by atoms with E-state index in [1.54, 1.807) is 12.4 Å². The van der Waals surface area contributed by atoms with Crippen molar-refractivity contribution in [3.05, 3.63) is 72.1 Å². The Morgan fingerprint density at radius 1 is 1.03 bits per heavy atom. The van der Waals surface area contributed by atoms with E-state index < -0.39 is 0 Å². The number of piperidine rings is 1. The molecular formula is C27H33N3O2. The van der Waals surface area contributed by atoms with Crippen LogP contribution in [0.2, 0.25) is 0 Å². The van der Waals surface area contributed by atoms with Crippen LogP contribution in [0.3, 0.4) is 0 Å². The highest BCUT2D eigenvalue weighted by Crippen LogP contribution is 2.23. The molecule has 0 aliphatic carbocycles. The van der Waals surface area contributed by atoms with Crippen LogP contribution < -0.4 is 10.1 Å². The molecule has 1 unspecified atom stereocenters. The lowest BCUT2D eigenvalue weighted by atomic mass is 10.0. The van der Waals surface area contributed by atoms with Gasteiger partial charge in [-0.15, -0.1) is 0 Å². The smallest absolute Gasteiger partial charge is 0.251 e. The number of carbonyl (C=O) groups excluding carboxylic acids is 1. The van der Waals surface area contributed by atoms with Gasteiger partial charge in [-0.25, -0.2) is 0 Å². The van der Waals surface area contributed by atoms with Gasteiger partial charge in [0.15, 0.2) is 0 Å². The molecule has 0 radical (unpaired) electrons. The number of pyridine rings is 1. The molecule has 1 aromatic heterocycles. The monoisotopic (exact) mass is 431 g/mol. The minimum absolute atomic E-state index is 0.0260. The molecule has 0 bridgehead atoms. The van der Waals surface area contributed by atoms with E-state index >= 15 is 0 Å². The van der Waals surface area contributed by atoms with E-state index in [1.165, 1.54) is 32.4 Å². The van der Waals surface area contributed by atoms with Crippen molar-refractivity contribution in [2.75, 3.05) is 26.2 Å². The van der Waals surface area contributed by atoms with Gasteiger partial charge in [-0.2, -0.15) is 0 Å². The molecular weight excluding hydrogens is 398 g/mol. The molecule has 2 heterocycles. The number of hydrogen-bond acceptors (Lipinski definition) is 4. The third-order valence-corrected chi connectivity index (χ3v) is 6.23. The Balaban J connectivity index is 1.34. The summed E-state index contributed by atoms with van der Waals surface area (Å²) in [7, 11) is 0. The topological polar surface area (TPSA) is 54.5 Å². The summed E-state index contributed by atoms with van der Waals surface area (Å²) < 4.78 is 5.99. The first-order valence-corrected chi connectivity index (χ1v) is 11.8. The maximum atomic E-state index is 12.8. The van der Waals surface area contributed by atoms with Gasteiger partial charge in [0.05, 0.1) is 12.6 Å². The van der Waals surface area contributed by atoms with Crippen molar-refractivity contribution in [1.29, 1.82) is 0 Å². The predicted molar refractivity (Wildman–Crippen MR) is 129 cm³/mol. The molecule has 5 heteroatoms. The van der Waals surface area contributed by atoms with Gasteiger partial charge in [-0.05, 0) is 91.5 Å². The van der Waals surface area contributed by atoms with E-state index in [0.717, 1.165) is 48.1 Å². The summed E-state index contributed by atoms with van der Waals surface area (Å²) in [5, 5.41) is 5.26. The Kier molecular flexibility index (Phi) is 7.73. The molecule has 32 heavy (non-hydrogen) atoms. The minimum Gasteiger partial charge on any atom is -0.494 e. The lowest BCUT2D eigenvalue weighted by molar-refractivity contribution is 0.0935. The Hall–Kier alpha value is -2.92. The van der Waals surface area contributed by atoms with Gasteiger partial charge in [-0.1, -0.05) is 25.5 Å². The molecule has 1 aliphatic heterocycles. The maximum Gasteiger partial charge on any atom is 0.251 e. The lowest BCUT2D eigenvalue weighted by Crippen LogP contribution is -2.31. The summed E-state index contributed by atoms with van der Waals surface area (Å²) in [5.74, 6) is 0.825. The molecule has 1 fully saturated rings. The second-order valence-electron chi connectivity index (χ2n) is 8.54. The van der Waals surface area contributed by atoms with Crippen LogP contribution in [0, 0.1) is 0 Å². The Morgan fingerprint density at radius 3 is 2.56 bits per heavy atom. The number of nitrogens with one attached hydrogen (secondary N) is 1. The largest absolute Gasteiger partial charge is 0.494 e. The fourth-order valence-corrected chi connectivity index (χ4v) is 4.37. The fraction of sp³-hybridized carbons (Fsp3) is 0.407. The molecule has 3 aromatic rings. The van der Waals surface area contributed by atoms with Crippen molar-refractivity contribution in [3.8, 4) is 5.75 Å². The van der Waals surface area contributed by atoms with Gasteiger partial charge >= 0.3 is 0 Å². The van der Waals surface area contributed by atoms with Gasteiger partial charge in [0, 0.05) is 24.5 Å². The number of nitrogens with zero attached hydrogens (tertiary/aromatic N) is 2. The van der Waals surface area contributed by atoms with Crippen LogP contribution in [0.25, 0.3) is 10.8 Å². The van der Waals surface area contributed by atoms with Crippen LogP contribution in [0.1, 0.15) is 61.0 Å². The molecule has 1 saturated heterocycles. The zero-order chi connectivity index (χ0) is 22.2. The molecule has 2 aromatic carbocycles. The summed E-state index contributed by atoms with van der Waals surface area (Å²) in [5.41, 5.74) is 1.74. The Bertz CT molecular complexity index is 1020. The number of aromatic nitrogens is 1. The summed E-state index contributed by atoms with van der Waals surface area (Å²) in [6.07, 6.45) is 9.41. The maximum absolute atomic E-state index is 12.8. The van der Waals surface area contributed by atoms with Crippen molar-refractivity contribution < 1.29 is 9.53 Å². The van der Waals surface area contributed by atoms with Crippen LogP contribution in [-0.2, 0) is 0 Å². The zero-order valence-electron chi connectivity index (χ0n) is 18.9. The molecule has 4 rings (SSSR count). The third kappa shape index (κ3) is 5.86. The van der Waals surface area contributed by atoms with Crippen LogP contribution >= 0.6 is 0 Å². The zero-order valence-corrected chi connectivity index (χ0v) is 18.9. The van der Waals surface area contributed by atoms with Crippen LogP contribution in [0.4, 0.5) is 0 Å². The minimum atomic E-state index is -0.0615. The Morgan fingerprint density at radius 2 is 1.78 bits per heavy atom. The second-order valence-corrected chi connectivity index (χ2v) is 8.54. The highest BCUT2D eigenvalue weighted by Gasteiger charge is 2.14. The normalized spacial score (nSPS) is 15.4. The number of carbonyl (C=O) groups is 1.